The minimum absolute atomic E-state index is 0.317. The quantitative estimate of drug-likeness (QED) is 0.862. The predicted molar refractivity (Wildman–Crippen MR) is 92.2 cm³/mol. The monoisotopic (exact) mass is 312 g/mol. The van der Waals surface area contributed by atoms with E-state index in [4.69, 9.17) is 9.47 Å². The van der Waals surface area contributed by atoms with Gasteiger partial charge in [0.05, 0.1) is 25.5 Å². The molecule has 0 saturated heterocycles. The summed E-state index contributed by atoms with van der Waals surface area (Å²) in [7, 11) is 1.68. The number of aryl methyl sites for hydroxylation is 1. The fraction of sp³-hybridized carbons (Fsp3) is 0.421. The minimum atomic E-state index is 0.317. The van der Waals surface area contributed by atoms with Crippen LogP contribution in [0.3, 0.4) is 0 Å². The largest absolute Gasteiger partial charge is 0.493 e. The number of nitrogens with zero attached hydrogens (tertiary/aromatic N) is 1. The zero-order chi connectivity index (χ0) is 16.1. The van der Waals surface area contributed by atoms with Crippen LogP contribution in [0.4, 0.5) is 5.69 Å². The van der Waals surface area contributed by atoms with Crippen molar-refractivity contribution in [3.05, 3.63) is 47.8 Å². The zero-order valence-corrected chi connectivity index (χ0v) is 13.8. The molecule has 0 aliphatic heterocycles. The molecule has 3 rings (SSSR count). The van der Waals surface area contributed by atoms with Crippen molar-refractivity contribution in [3.8, 4) is 11.5 Å². The Morgan fingerprint density at radius 3 is 2.70 bits per heavy atom. The van der Waals surface area contributed by atoms with E-state index in [0.29, 0.717) is 12.6 Å². The van der Waals surface area contributed by atoms with Crippen LogP contribution in [-0.4, -0.2) is 18.2 Å². The molecule has 122 valence electrons. The van der Waals surface area contributed by atoms with Gasteiger partial charge in [0.1, 0.15) is 0 Å². The molecule has 1 aliphatic carbocycles. The number of methoxy groups -OCH3 is 1. The molecule has 1 heterocycles. The van der Waals surface area contributed by atoms with Crippen molar-refractivity contribution in [3.63, 3.8) is 0 Å². The van der Waals surface area contributed by atoms with Crippen LogP contribution in [0.1, 0.15) is 37.1 Å². The molecule has 1 aromatic carbocycles. The molecular formula is C19H24N2O2. The Hall–Kier alpha value is -2.23. The topological polar surface area (TPSA) is 43.4 Å². The van der Waals surface area contributed by atoms with Gasteiger partial charge >= 0.3 is 0 Å². The van der Waals surface area contributed by atoms with Crippen molar-refractivity contribution >= 4 is 5.69 Å². The van der Waals surface area contributed by atoms with Crippen molar-refractivity contribution in [2.24, 2.45) is 0 Å². The van der Waals surface area contributed by atoms with Crippen molar-refractivity contribution in [2.75, 3.05) is 12.4 Å². The summed E-state index contributed by atoms with van der Waals surface area (Å²) in [5.74, 6) is 1.61. The summed E-state index contributed by atoms with van der Waals surface area (Å²) in [6.07, 6.45) is 5.09. The van der Waals surface area contributed by atoms with E-state index < -0.39 is 0 Å². The molecule has 1 N–H and O–H groups in total. The number of aromatic nitrogens is 1. The minimum Gasteiger partial charge on any atom is -0.493 e. The molecule has 1 fully saturated rings. The van der Waals surface area contributed by atoms with E-state index in [1.807, 2.05) is 43.3 Å². The summed E-state index contributed by atoms with van der Waals surface area (Å²) in [5.41, 5.74) is 3.07. The molecule has 1 saturated carbocycles. The van der Waals surface area contributed by atoms with Gasteiger partial charge in [0.15, 0.2) is 11.5 Å². The third kappa shape index (κ3) is 4.15. The van der Waals surface area contributed by atoms with Gasteiger partial charge in [-0.15, -0.1) is 0 Å². The maximum Gasteiger partial charge on any atom is 0.163 e. The number of rotatable bonds is 6. The van der Waals surface area contributed by atoms with Crippen LogP contribution in [0.2, 0.25) is 0 Å². The van der Waals surface area contributed by atoms with Crippen molar-refractivity contribution < 1.29 is 9.47 Å². The predicted octanol–water partition coefficient (Wildman–Crippen LogP) is 4.33. The van der Waals surface area contributed by atoms with E-state index in [1.165, 1.54) is 12.8 Å². The number of ether oxygens (including phenoxy) is 2. The van der Waals surface area contributed by atoms with Crippen LogP contribution in [-0.2, 0) is 6.54 Å². The van der Waals surface area contributed by atoms with Crippen LogP contribution < -0.4 is 14.8 Å². The first kappa shape index (κ1) is 15.7. The number of hydrogen-bond donors (Lipinski definition) is 1. The summed E-state index contributed by atoms with van der Waals surface area (Å²) >= 11 is 0. The number of benzene rings is 1. The van der Waals surface area contributed by atoms with Crippen LogP contribution in [0.25, 0.3) is 0 Å². The van der Waals surface area contributed by atoms with E-state index in [-0.39, 0.29) is 0 Å². The Morgan fingerprint density at radius 1 is 1.13 bits per heavy atom. The summed E-state index contributed by atoms with van der Waals surface area (Å²) in [6, 6.07) is 12.0. The fourth-order valence-electron chi connectivity index (χ4n) is 2.96. The van der Waals surface area contributed by atoms with Gasteiger partial charge in [0.25, 0.3) is 0 Å². The Labute approximate surface area is 137 Å². The standard InChI is InChI=1S/C19H24N2O2/c1-14-6-5-7-16(21-14)13-20-15-10-11-18(22-2)19(12-15)23-17-8-3-4-9-17/h5-7,10-12,17,20H,3-4,8-9,13H2,1-2H3. The third-order valence-electron chi connectivity index (χ3n) is 4.18. The first-order chi connectivity index (χ1) is 11.2. The Morgan fingerprint density at radius 2 is 1.96 bits per heavy atom. The van der Waals surface area contributed by atoms with Crippen LogP contribution in [0.5, 0.6) is 11.5 Å². The SMILES string of the molecule is COc1ccc(NCc2cccc(C)n2)cc1OC1CCCC1. The molecule has 0 amide bonds. The molecule has 4 heteroatoms. The first-order valence-corrected chi connectivity index (χ1v) is 8.26. The summed E-state index contributed by atoms with van der Waals surface area (Å²) in [5, 5.41) is 3.41. The summed E-state index contributed by atoms with van der Waals surface area (Å²) in [4.78, 5) is 4.51. The van der Waals surface area contributed by atoms with Crippen LogP contribution in [0, 0.1) is 6.92 Å². The summed E-state index contributed by atoms with van der Waals surface area (Å²) in [6.45, 7) is 2.70. The van der Waals surface area contributed by atoms with E-state index >= 15 is 0 Å². The van der Waals surface area contributed by atoms with Crippen molar-refractivity contribution in [2.45, 2.75) is 45.3 Å². The number of hydrogen-bond acceptors (Lipinski definition) is 4. The molecule has 0 spiro atoms. The van der Waals surface area contributed by atoms with Gasteiger partial charge < -0.3 is 14.8 Å². The second-order valence-corrected chi connectivity index (χ2v) is 6.01. The first-order valence-electron chi connectivity index (χ1n) is 8.26. The molecule has 1 aliphatic rings. The Kier molecular flexibility index (Phi) is 5.01. The summed E-state index contributed by atoms with van der Waals surface area (Å²) < 4.78 is 11.6. The average molecular weight is 312 g/mol. The lowest BCUT2D eigenvalue weighted by molar-refractivity contribution is 0.201. The second kappa shape index (κ2) is 7.36. The molecular weight excluding hydrogens is 288 g/mol. The second-order valence-electron chi connectivity index (χ2n) is 6.01. The van der Waals surface area contributed by atoms with Gasteiger partial charge in [-0.1, -0.05) is 6.07 Å². The molecule has 0 unspecified atom stereocenters. The number of anilines is 1. The lowest BCUT2D eigenvalue weighted by atomic mass is 10.2. The molecule has 1 aromatic heterocycles. The molecule has 0 bridgehead atoms. The lowest BCUT2D eigenvalue weighted by Gasteiger charge is -2.17. The lowest BCUT2D eigenvalue weighted by Crippen LogP contribution is -2.12. The molecule has 2 aromatic rings. The van der Waals surface area contributed by atoms with Gasteiger partial charge in [0.2, 0.25) is 0 Å². The highest BCUT2D eigenvalue weighted by Crippen LogP contribution is 2.34. The van der Waals surface area contributed by atoms with Gasteiger partial charge in [-0.3, -0.25) is 4.98 Å². The molecule has 0 atom stereocenters. The van der Waals surface area contributed by atoms with E-state index in [1.54, 1.807) is 7.11 Å². The Balaban J connectivity index is 1.69. The zero-order valence-electron chi connectivity index (χ0n) is 13.8. The highest BCUT2D eigenvalue weighted by Gasteiger charge is 2.18. The smallest absolute Gasteiger partial charge is 0.163 e. The maximum absolute atomic E-state index is 6.13. The third-order valence-corrected chi connectivity index (χ3v) is 4.18. The number of pyridine rings is 1. The fourth-order valence-corrected chi connectivity index (χ4v) is 2.96. The normalized spacial score (nSPS) is 14.7. The maximum atomic E-state index is 6.13. The van der Waals surface area contributed by atoms with Crippen LogP contribution >= 0.6 is 0 Å². The van der Waals surface area contributed by atoms with Crippen LogP contribution in [0.15, 0.2) is 36.4 Å². The highest BCUT2D eigenvalue weighted by atomic mass is 16.5. The molecule has 0 radical (unpaired) electrons. The van der Waals surface area contributed by atoms with Crippen molar-refractivity contribution in [1.29, 1.82) is 0 Å². The molecule has 4 nitrogen and oxygen atoms in total. The Bertz CT molecular complexity index is 652. The van der Waals surface area contributed by atoms with E-state index in [0.717, 1.165) is 41.4 Å². The van der Waals surface area contributed by atoms with E-state index in [2.05, 4.69) is 10.3 Å². The highest BCUT2D eigenvalue weighted by molar-refractivity contribution is 5.55. The van der Waals surface area contributed by atoms with Gasteiger partial charge in [-0.05, 0) is 56.9 Å². The van der Waals surface area contributed by atoms with E-state index in [9.17, 15) is 0 Å². The van der Waals surface area contributed by atoms with Gasteiger partial charge in [-0.2, -0.15) is 0 Å². The van der Waals surface area contributed by atoms with Gasteiger partial charge in [0, 0.05) is 17.4 Å². The number of nitrogens with one attached hydrogen (secondary N) is 1. The van der Waals surface area contributed by atoms with Gasteiger partial charge in [-0.25, -0.2) is 0 Å². The van der Waals surface area contributed by atoms with Crippen molar-refractivity contribution in [1.82, 2.24) is 4.98 Å². The molecule has 23 heavy (non-hydrogen) atoms. The average Bonchev–Trinajstić information content (AvgIpc) is 3.06.